The number of fused-ring (bicyclic) bond motifs is 3. The molecule has 0 unspecified atom stereocenters. The van der Waals surface area contributed by atoms with Crippen LogP contribution in [0.25, 0.3) is 27.5 Å². The molecule has 21 heavy (non-hydrogen) atoms. The standard InChI is InChI=1S/C19H13NO/c21-13-14-6-5-7-15(12-14)20-18-10-3-1-8-16(18)17-9-2-4-11-19(17)20/h1-13H. The average molecular weight is 271 g/mol. The highest BCUT2D eigenvalue weighted by Gasteiger charge is 2.11. The predicted molar refractivity (Wildman–Crippen MR) is 86.2 cm³/mol. The van der Waals surface area contributed by atoms with E-state index in [1.54, 1.807) is 0 Å². The minimum atomic E-state index is 0.689. The van der Waals surface area contributed by atoms with Crippen molar-refractivity contribution >= 4 is 28.1 Å². The van der Waals surface area contributed by atoms with Gasteiger partial charge in [-0.3, -0.25) is 4.79 Å². The third-order valence-electron chi connectivity index (χ3n) is 3.84. The Bertz CT molecular complexity index is 912. The Morgan fingerprint density at radius 3 is 1.95 bits per heavy atom. The SMILES string of the molecule is O=Cc1cccc(-n2c3ccccc3c3ccccc32)c1. The summed E-state index contributed by atoms with van der Waals surface area (Å²) in [6.45, 7) is 0. The monoisotopic (exact) mass is 271 g/mol. The second kappa shape index (κ2) is 4.60. The zero-order valence-electron chi connectivity index (χ0n) is 11.4. The van der Waals surface area contributed by atoms with Gasteiger partial charge in [-0.2, -0.15) is 0 Å². The van der Waals surface area contributed by atoms with Crippen molar-refractivity contribution in [1.82, 2.24) is 4.57 Å². The fourth-order valence-electron chi connectivity index (χ4n) is 2.94. The van der Waals surface area contributed by atoms with Crippen molar-refractivity contribution in [1.29, 1.82) is 0 Å². The summed E-state index contributed by atoms with van der Waals surface area (Å²) in [5.41, 5.74) is 4.01. The van der Waals surface area contributed by atoms with Gasteiger partial charge in [0, 0.05) is 22.0 Å². The molecule has 0 saturated carbocycles. The Morgan fingerprint density at radius 2 is 1.33 bits per heavy atom. The zero-order chi connectivity index (χ0) is 14.2. The quantitative estimate of drug-likeness (QED) is 0.488. The molecule has 1 aromatic heterocycles. The van der Waals surface area contributed by atoms with Crippen LogP contribution in [0.4, 0.5) is 0 Å². The largest absolute Gasteiger partial charge is 0.309 e. The van der Waals surface area contributed by atoms with E-state index in [-0.39, 0.29) is 0 Å². The van der Waals surface area contributed by atoms with Crippen molar-refractivity contribution in [3.63, 3.8) is 0 Å². The Morgan fingerprint density at radius 1 is 0.714 bits per heavy atom. The lowest BCUT2D eigenvalue weighted by atomic mass is 10.2. The van der Waals surface area contributed by atoms with Crippen molar-refractivity contribution in [3.05, 3.63) is 78.4 Å². The van der Waals surface area contributed by atoms with Crippen LogP contribution in [0.15, 0.2) is 72.8 Å². The molecule has 0 aliphatic heterocycles. The van der Waals surface area contributed by atoms with E-state index in [0.717, 1.165) is 23.0 Å². The third-order valence-corrected chi connectivity index (χ3v) is 3.84. The lowest BCUT2D eigenvalue weighted by molar-refractivity contribution is 0.112. The number of para-hydroxylation sites is 2. The van der Waals surface area contributed by atoms with E-state index in [1.807, 2.05) is 36.4 Å². The first-order valence-electron chi connectivity index (χ1n) is 6.92. The van der Waals surface area contributed by atoms with Gasteiger partial charge in [0.25, 0.3) is 0 Å². The van der Waals surface area contributed by atoms with Crippen molar-refractivity contribution in [2.75, 3.05) is 0 Å². The van der Waals surface area contributed by atoms with E-state index in [1.165, 1.54) is 10.8 Å². The topological polar surface area (TPSA) is 22.0 Å². The molecule has 0 atom stereocenters. The molecule has 2 nitrogen and oxygen atoms in total. The number of nitrogens with zero attached hydrogens (tertiary/aromatic N) is 1. The maximum absolute atomic E-state index is 11.0. The van der Waals surface area contributed by atoms with E-state index >= 15 is 0 Å². The molecule has 0 amide bonds. The molecule has 0 fully saturated rings. The van der Waals surface area contributed by atoms with Crippen LogP contribution < -0.4 is 0 Å². The summed E-state index contributed by atoms with van der Waals surface area (Å²) in [7, 11) is 0. The lowest BCUT2D eigenvalue weighted by Gasteiger charge is -2.08. The van der Waals surface area contributed by atoms with Gasteiger partial charge in [-0.05, 0) is 24.3 Å². The highest BCUT2D eigenvalue weighted by molar-refractivity contribution is 6.09. The van der Waals surface area contributed by atoms with Gasteiger partial charge in [0.1, 0.15) is 6.29 Å². The Balaban J connectivity index is 2.17. The molecule has 1 heterocycles. The molecule has 0 aliphatic carbocycles. The van der Waals surface area contributed by atoms with Gasteiger partial charge in [-0.1, -0.05) is 48.5 Å². The molecule has 4 rings (SSSR count). The van der Waals surface area contributed by atoms with Crippen LogP contribution in [0, 0.1) is 0 Å². The molecule has 0 aliphatic rings. The number of hydrogen-bond acceptors (Lipinski definition) is 1. The number of benzene rings is 3. The Kier molecular flexibility index (Phi) is 2.61. The second-order valence-corrected chi connectivity index (χ2v) is 5.08. The molecule has 0 saturated heterocycles. The maximum atomic E-state index is 11.0. The summed E-state index contributed by atoms with van der Waals surface area (Å²) < 4.78 is 2.21. The summed E-state index contributed by atoms with van der Waals surface area (Å²) in [6.07, 6.45) is 0.886. The number of hydrogen-bond donors (Lipinski definition) is 0. The molecular weight excluding hydrogens is 258 g/mol. The number of aldehydes is 1. The van der Waals surface area contributed by atoms with E-state index in [2.05, 4.69) is 41.0 Å². The molecule has 4 aromatic rings. The molecular formula is C19H13NO. The van der Waals surface area contributed by atoms with Gasteiger partial charge in [-0.15, -0.1) is 0 Å². The number of aromatic nitrogens is 1. The number of carbonyl (C=O) groups is 1. The second-order valence-electron chi connectivity index (χ2n) is 5.08. The van der Waals surface area contributed by atoms with Crippen LogP contribution in [0.5, 0.6) is 0 Å². The van der Waals surface area contributed by atoms with Gasteiger partial charge in [0.05, 0.1) is 11.0 Å². The first-order chi connectivity index (χ1) is 10.4. The van der Waals surface area contributed by atoms with Crippen molar-refractivity contribution < 1.29 is 4.79 Å². The Labute approximate surface area is 122 Å². The number of rotatable bonds is 2. The van der Waals surface area contributed by atoms with Gasteiger partial charge in [0.15, 0.2) is 0 Å². The van der Waals surface area contributed by atoms with Gasteiger partial charge in [0.2, 0.25) is 0 Å². The lowest BCUT2D eigenvalue weighted by Crippen LogP contribution is -1.94. The van der Waals surface area contributed by atoms with E-state index in [9.17, 15) is 4.79 Å². The molecule has 2 heteroatoms. The molecule has 100 valence electrons. The van der Waals surface area contributed by atoms with Crippen molar-refractivity contribution in [3.8, 4) is 5.69 Å². The highest BCUT2D eigenvalue weighted by atomic mass is 16.1. The van der Waals surface area contributed by atoms with Crippen LogP contribution >= 0.6 is 0 Å². The van der Waals surface area contributed by atoms with E-state index in [4.69, 9.17) is 0 Å². The molecule has 0 N–H and O–H groups in total. The van der Waals surface area contributed by atoms with Crippen LogP contribution in [-0.2, 0) is 0 Å². The van der Waals surface area contributed by atoms with E-state index < -0.39 is 0 Å². The maximum Gasteiger partial charge on any atom is 0.150 e. The fraction of sp³-hybridized carbons (Fsp3) is 0. The van der Waals surface area contributed by atoms with Gasteiger partial charge in [-0.25, -0.2) is 0 Å². The van der Waals surface area contributed by atoms with Crippen LogP contribution in [0.2, 0.25) is 0 Å². The predicted octanol–water partition coefficient (Wildman–Crippen LogP) is 4.60. The summed E-state index contributed by atoms with van der Waals surface area (Å²) in [5, 5.41) is 2.45. The zero-order valence-corrected chi connectivity index (χ0v) is 11.4. The van der Waals surface area contributed by atoms with Crippen molar-refractivity contribution in [2.24, 2.45) is 0 Å². The first kappa shape index (κ1) is 11.9. The molecule has 3 aromatic carbocycles. The van der Waals surface area contributed by atoms with Crippen LogP contribution in [0.3, 0.4) is 0 Å². The van der Waals surface area contributed by atoms with Crippen LogP contribution in [-0.4, -0.2) is 10.9 Å². The minimum absolute atomic E-state index is 0.689. The van der Waals surface area contributed by atoms with Crippen molar-refractivity contribution in [2.45, 2.75) is 0 Å². The van der Waals surface area contributed by atoms with Crippen LogP contribution in [0.1, 0.15) is 10.4 Å². The smallest absolute Gasteiger partial charge is 0.150 e. The summed E-state index contributed by atoms with van der Waals surface area (Å²) >= 11 is 0. The molecule has 0 bridgehead atoms. The molecule has 0 spiro atoms. The number of carbonyl (C=O) groups excluding carboxylic acids is 1. The normalized spacial score (nSPS) is 11.0. The van der Waals surface area contributed by atoms with Gasteiger partial charge < -0.3 is 4.57 Å². The summed E-state index contributed by atoms with van der Waals surface area (Å²) in [5.74, 6) is 0. The average Bonchev–Trinajstić information content (AvgIpc) is 2.89. The summed E-state index contributed by atoms with van der Waals surface area (Å²) in [4.78, 5) is 11.0. The molecule has 0 radical (unpaired) electrons. The highest BCUT2D eigenvalue weighted by Crippen LogP contribution is 2.31. The third kappa shape index (κ3) is 1.77. The van der Waals surface area contributed by atoms with Gasteiger partial charge >= 0.3 is 0 Å². The first-order valence-corrected chi connectivity index (χ1v) is 6.92. The minimum Gasteiger partial charge on any atom is -0.309 e. The summed E-state index contributed by atoms with van der Waals surface area (Å²) in [6, 6.07) is 24.4. The van der Waals surface area contributed by atoms with E-state index in [0.29, 0.717) is 5.56 Å². The Hall–Kier alpha value is -2.87. The fourth-order valence-corrected chi connectivity index (χ4v) is 2.94.